The lowest BCUT2D eigenvalue weighted by Crippen LogP contribution is -2.51. The van der Waals surface area contributed by atoms with Gasteiger partial charge in [-0.1, -0.05) is 30.3 Å². The minimum absolute atomic E-state index is 0.0100. The highest BCUT2D eigenvalue weighted by molar-refractivity contribution is 5.91. The molecule has 0 radical (unpaired) electrons. The van der Waals surface area contributed by atoms with Crippen LogP contribution in [0.5, 0.6) is 5.75 Å². The lowest BCUT2D eigenvalue weighted by Gasteiger charge is -2.45. The Kier molecular flexibility index (Phi) is 3.83. The van der Waals surface area contributed by atoms with Crippen LogP contribution in [0.3, 0.4) is 0 Å². The Labute approximate surface area is 159 Å². The summed E-state index contributed by atoms with van der Waals surface area (Å²) >= 11 is 0. The number of aromatic nitrogens is 1. The van der Waals surface area contributed by atoms with Gasteiger partial charge in [0.2, 0.25) is 0 Å². The molecule has 0 aliphatic carbocycles. The first-order chi connectivity index (χ1) is 13.2. The summed E-state index contributed by atoms with van der Waals surface area (Å²) in [6, 6.07) is 17.1. The molecule has 1 fully saturated rings. The van der Waals surface area contributed by atoms with E-state index in [1.165, 1.54) is 27.7 Å². The molecule has 138 valence electrons. The molecule has 0 saturated carbocycles. The number of methoxy groups -OCH3 is 1. The Bertz CT molecular complexity index is 1020. The molecule has 4 heteroatoms. The van der Waals surface area contributed by atoms with Gasteiger partial charge >= 0.3 is 0 Å². The molecular formula is C23H24N2O2. The molecule has 2 aliphatic heterocycles. The lowest BCUT2D eigenvalue weighted by molar-refractivity contribution is -0.130. The summed E-state index contributed by atoms with van der Waals surface area (Å²) in [7, 11) is 3.86. The fourth-order valence-electron chi connectivity index (χ4n) is 5.03. The monoisotopic (exact) mass is 360 g/mol. The third kappa shape index (κ3) is 2.51. The maximum Gasteiger partial charge on any atom is 0.150 e. The molecule has 3 heterocycles. The van der Waals surface area contributed by atoms with Crippen molar-refractivity contribution in [3.8, 4) is 5.75 Å². The van der Waals surface area contributed by atoms with E-state index in [0.29, 0.717) is 18.2 Å². The van der Waals surface area contributed by atoms with Gasteiger partial charge in [-0.2, -0.15) is 0 Å². The quantitative estimate of drug-likeness (QED) is 0.708. The number of fused-ring (bicyclic) bond motifs is 6. The molecule has 4 nitrogen and oxygen atoms in total. The highest BCUT2D eigenvalue weighted by atomic mass is 16.5. The molecule has 0 N–H and O–H groups in total. The molecule has 0 unspecified atom stereocenters. The van der Waals surface area contributed by atoms with Crippen LogP contribution in [0.1, 0.15) is 35.7 Å². The number of ether oxygens (including phenoxy) is 1. The molecule has 2 aliphatic rings. The van der Waals surface area contributed by atoms with E-state index in [-0.39, 0.29) is 6.04 Å². The molecule has 0 spiro atoms. The van der Waals surface area contributed by atoms with Crippen LogP contribution in [-0.4, -0.2) is 28.4 Å². The molecule has 2 bridgehead atoms. The van der Waals surface area contributed by atoms with Gasteiger partial charge in [-0.25, -0.2) is 0 Å². The van der Waals surface area contributed by atoms with Gasteiger partial charge in [0, 0.05) is 37.2 Å². The molecule has 0 amide bonds. The summed E-state index contributed by atoms with van der Waals surface area (Å²) in [6.45, 7) is 0.826. The van der Waals surface area contributed by atoms with Crippen LogP contribution in [0, 0.1) is 0 Å². The van der Waals surface area contributed by atoms with Crippen LogP contribution in [0.25, 0.3) is 10.9 Å². The van der Waals surface area contributed by atoms with Crippen LogP contribution in [0.2, 0.25) is 0 Å². The van der Waals surface area contributed by atoms with E-state index >= 15 is 0 Å². The Morgan fingerprint density at radius 2 is 1.93 bits per heavy atom. The van der Waals surface area contributed by atoms with Gasteiger partial charge in [-0.3, -0.25) is 9.69 Å². The van der Waals surface area contributed by atoms with Gasteiger partial charge in [0.15, 0.2) is 0 Å². The lowest BCUT2D eigenvalue weighted by atomic mass is 9.81. The molecule has 2 atom stereocenters. The van der Waals surface area contributed by atoms with Crippen molar-refractivity contribution in [3.05, 3.63) is 65.4 Å². The van der Waals surface area contributed by atoms with Crippen LogP contribution < -0.4 is 4.74 Å². The highest BCUT2D eigenvalue weighted by Gasteiger charge is 2.44. The van der Waals surface area contributed by atoms with Crippen molar-refractivity contribution in [3.63, 3.8) is 0 Å². The average Bonchev–Trinajstić information content (AvgIpc) is 2.97. The largest absolute Gasteiger partial charge is 0.497 e. The summed E-state index contributed by atoms with van der Waals surface area (Å²) in [5.74, 6) is 1.26. The van der Waals surface area contributed by atoms with E-state index in [9.17, 15) is 4.79 Å². The van der Waals surface area contributed by atoms with Crippen LogP contribution in [0.4, 0.5) is 0 Å². The predicted octanol–water partition coefficient (Wildman–Crippen LogP) is 4.02. The molecule has 2 aromatic carbocycles. The summed E-state index contributed by atoms with van der Waals surface area (Å²) in [5.41, 5.74) is 5.19. The second-order valence-electron chi connectivity index (χ2n) is 7.70. The standard InChI is InChI=1S/C23H24N2O2/c1-24-20-12-16(27-2)8-9-17(20)18-13-21-22(26)11-10-19(23(18)24)25(21)14-15-6-4-3-5-7-15/h3-9,12,19,21H,10-11,13-14H2,1-2H3/t19-,21-/m0/s1. The number of Topliss-reactive ketones (excluding diaryl/α,β-unsaturated/α-hetero) is 1. The zero-order chi connectivity index (χ0) is 18.5. The highest BCUT2D eigenvalue weighted by Crippen LogP contribution is 2.45. The minimum atomic E-state index is -0.0100. The van der Waals surface area contributed by atoms with Crippen molar-refractivity contribution in [1.82, 2.24) is 9.47 Å². The third-order valence-electron chi connectivity index (χ3n) is 6.32. The topological polar surface area (TPSA) is 34.5 Å². The number of nitrogens with zero attached hydrogens (tertiary/aromatic N) is 2. The van der Waals surface area contributed by atoms with Crippen molar-refractivity contribution in [1.29, 1.82) is 0 Å². The van der Waals surface area contributed by atoms with E-state index in [1.54, 1.807) is 7.11 Å². The van der Waals surface area contributed by atoms with Gasteiger partial charge in [0.1, 0.15) is 11.5 Å². The molecule has 1 aromatic heterocycles. The SMILES string of the molecule is COc1ccc2c3c(n(C)c2c1)[C@@H]1CCC(=O)[C@H](C3)N1Cc1ccccc1. The van der Waals surface area contributed by atoms with Gasteiger partial charge < -0.3 is 9.30 Å². The van der Waals surface area contributed by atoms with Crippen LogP contribution >= 0.6 is 0 Å². The predicted molar refractivity (Wildman–Crippen MR) is 106 cm³/mol. The third-order valence-corrected chi connectivity index (χ3v) is 6.32. The van der Waals surface area contributed by atoms with E-state index in [4.69, 9.17) is 4.74 Å². The number of carbonyl (C=O) groups excluding carboxylic acids is 1. The van der Waals surface area contributed by atoms with E-state index in [0.717, 1.165) is 25.1 Å². The number of aryl methyl sites for hydroxylation is 1. The normalized spacial score (nSPS) is 22.1. The zero-order valence-electron chi connectivity index (χ0n) is 15.8. The Morgan fingerprint density at radius 3 is 2.70 bits per heavy atom. The van der Waals surface area contributed by atoms with Crippen LogP contribution in [-0.2, 0) is 24.8 Å². The first kappa shape index (κ1) is 16.6. The van der Waals surface area contributed by atoms with Crippen molar-refractivity contribution in [2.75, 3.05) is 7.11 Å². The number of hydrogen-bond acceptors (Lipinski definition) is 3. The molecule has 3 aromatic rings. The van der Waals surface area contributed by atoms with Gasteiger partial charge in [0.05, 0.1) is 24.7 Å². The van der Waals surface area contributed by atoms with E-state index in [2.05, 4.69) is 52.9 Å². The average molecular weight is 360 g/mol. The van der Waals surface area contributed by atoms with Crippen molar-refractivity contribution >= 4 is 16.7 Å². The fourth-order valence-corrected chi connectivity index (χ4v) is 5.03. The number of piperidine rings is 1. The van der Waals surface area contributed by atoms with Gasteiger partial charge in [-0.15, -0.1) is 0 Å². The van der Waals surface area contributed by atoms with E-state index in [1.807, 2.05) is 12.1 Å². The smallest absolute Gasteiger partial charge is 0.150 e. The van der Waals surface area contributed by atoms with Gasteiger partial charge in [0.25, 0.3) is 0 Å². The second kappa shape index (κ2) is 6.24. The Balaban J connectivity index is 1.64. The number of benzene rings is 2. The first-order valence-corrected chi connectivity index (χ1v) is 9.65. The molecular weight excluding hydrogens is 336 g/mol. The van der Waals surface area contributed by atoms with E-state index < -0.39 is 0 Å². The maximum atomic E-state index is 12.8. The van der Waals surface area contributed by atoms with Crippen LogP contribution in [0.15, 0.2) is 48.5 Å². The first-order valence-electron chi connectivity index (χ1n) is 9.65. The van der Waals surface area contributed by atoms with Crippen molar-refractivity contribution in [2.24, 2.45) is 7.05 Å². The summed E-state index contributed by atoms with van der Waals surface area (Å²) in [6.07, 6.45) is 2.39. The number of rotatable bonds is 3. The Hall–Kier alpha value is -2.59. The number of carbonyl (C=O) groups is 1. The Morgan fingerprint density at radius 1 is 1.11 bits per heavy atom. The second-order valence-corrected chi connectivity index (χ2v) is 7.70. The maximum absolute atomic E-state index is 12.8. The van der Waals surface area contributed by atoms with Crippen molar-refractivity contribution < 1.29 is 9.53 Å². The molecule has 5 rings (SSSR count). The number of hydrogen-bond donors (Lipinski definition) is 0. The van der Waals surface area contributed by atoms with Crippen molar-refractivity contribution in [2.45, 2.75) is 37.9 Å². The summed E-state index contributed by atoms with van der Waals surface area (Å²) < 4.78 is 7.76. The minimum Gasteiger partial charge on any atom is -0.497 e. The molecule has 1 saturated heterocycles. The summed E-state index contributed by atoms with van der Waals surface area (Å²) in [5, 5.41) is 1.26. The zero-order valence-corrected chi connectivity index (χ0v) is 15.8. The molecule has 27 heavy (non-hydrogen) atoms. The number of ketones is 1. The summed E-state index contributed by atoms with van der Waals surface area (Å²) in [4.78, 5) is 15.2. The van der Waals surface area contributed by atoms with Gasteiger partial charge in [-0.05, 0) is 36.1 Å². The fraction of sp³-hybridized carbons (Fsp3) is 0.348.